The molecule has 2 aromatic carbocycles. The van der Waals surface area contributed by atoms with Crippen LogP contribution in [0.15, 0.2) is 46.7 Å². The van der Waals surface area contributed by atoms with Crippen LogP contribution in [0.1, 0.15) is 5.56 Å². The summed E-state index contributed by atoms with van der Waals surface area (Å²) < 4.78 is 3.74. The summed E-state index contributed by atoms with van der Waals surface area (Å²) in [4.78, 5) is 15.3. The average molecular weight is 593 g/mol. The van der Waals surface area contributed by atoms with Gasteiger partial charge in [0.25, 0.3) is 5.91 Å². The van der Waals surface area contributed by atoms with Gasteiger partial charge >= 0.3 is 5.16 Å². The Morgan fingerprint density at radius 1 is 1.38 bits per heavy atom. The number of hydrogen-bond acceptors (Lipinski definition) is 4. The number of imidazole rings is 1. The van der Waals surface area contributed by atoms with Crippen LogP contribution in [0.25, 0.3) is 11.0 Å². The number of amides is 1. The van der Waals surface area contributed by atoms with Crippen molar-refractivity contribution in [2.45, 2.75) is 5.16 Å². The van der Waals surface area contributed by atoms with E-state index >= 15 is 0 Å². The van der Waals surface area contributed by atoms with E-state index in [2.05, 4.69) is 60.7 Å². The van der Waals surface area contributed by atoms with E-state index in [1.807, 2.05) is 41.9 Å². The topological polar surface area (TPSA) is 81.4 Å². The molecule has 134 valence electrons. The lowest BCUT2D eigenvalue weighted by molar-refractivity contribution is -0.683. The summed E-state index contributed by atoms with van der Waals surface area (Å²) in [5, 5.41) is 14.9. The Bertz CT molecular complexity index is 1000. The monoisotopic (exact) mass is 593 g/mol. The molecule has 1 aromatic heterocycles. The second-order valence-electron chi connectivity index (χ2n) is 5.41. The number of fused-ring (bicyclic) bond motifs is 1. The second-order valence-corrected chi connectivity index (χ2v) is 8.79. The van der Waals surface area contributed by atoms with Crippen molar-refractivity contribution in [3.63, 3.8) is 0 Å². The maximum atomic E-state index is 12.0. The van der Waals surface area contributed by atoms with Gasteiger partial charge in [-0.15, -0.1) is 0 Å². The number of nitrogens with zero attached hydrogens (tertiary/aromatic N) is 2. The molecule has 6 nitrogen and oxygen atoms in total. The maximum absolute atomic E-state index is 12.0. The summed E-state index contributed by atoms with van der Waals surface area (Å²) in [6.45, 7) is 0. The van der Waals surface area contributed by atoms with E-state index in [0.717, 1.165) is 23.3 Å². The van der Waals surface area contributed by atoms with E-state index in [4.69, 9.17) is 0 Å². The first-order valence-corrected chi connectivity index (χ1v) is 10.7. The van der Waals surface area contributed by atoms with Crippen molar-refractivity contribution < 1.29 is 14.5 Å². The summed E-state index contributed by atoms with van der Waals surface area (Å²) in [7, 11) is 1.96. The molecule has 1 amide bonds. The van der Waals surface area contributed by atoms with Gasteiger partial charge in [-0.3, -0.25) is 4.79 Å². The van der Waals surface area contributed by atoms with Gasteiger partial charge < -0.3 is 5.11 Å². The summed E-state index contributed by atoms with van der Waals surface area (Å²) in [6, 6.07) is 11.6. The van der Waals surface area contributed by atoms with Gasteiger partial charge in [-0.2, -0.15) is 5.10 Å². The van der Waals surface area contributed by atoms with Crippen molar-refractivity contribution >= 4 is 80.1 Å². The number of rotatable bonds is 5. The fourth-order valence-electron chi connectivity index (χ4n) is 2.34. The van der Waals surface area contributed by atoms with Gasteiger partial charge in [0.2, 0.25) is 0 Å². The molecule has 1 heterocycles. The van der Waals surface area contributed by atoms with E-state index < -0.39 is 0 Å². The molecular weight excluding hydrogens is 578 g/mol. The Kier molecular flexibility index (Phi) is 6.40. The molecule has 0 atom stereocenters. The zero-order valence-electron chi connectivity index (χ0n) is 13.7. The van der Waals surface area contributed by atoms with Crippen LogP contribution in [0, 0.1) is 7.14 Å². The van der Waals surface area contributed by atoms with E-state index in [-0.39, 0.29) is 17.4 Å². The first-order chi connectivity index (χ1) is 12.5. The number of hydrogen-bond donors (Lipinski definition) is 3. The Balaban J connectivity index is 1.60. The smallest absolute Gasteiger partial charge is 0.317 e. The van der Waals surface area contributed by atoms with Gasteiger partial charge in [0, 0.05) is 9.13 Å². The standard InChI is InChI=1S/C17H14I2N4O2S/c1-23-14-5-3-2-4-13(14)21-17(23)26-9-15(24)22-20-8-10-6-11(18)7-12(19)16(10)25/h2-8H,9H2,1H3,(H2,20,22,24,25)/p+1. The summed E-state index contributed by atoms with van der Waals surface area (Å²) in [6.07, 6.45) is 1.45. The number of phenols is 1. The van der Waals surface area contributed by atoms with Crippen molar-refractivity contribution in [3.8, 4) is 5.75 Å². The molecule has 26 heavy (non-hydrogen) atoms. The largest absolute Gasteiger partial charge is 0.506 e. The van der Waals surface area contributed by atoms with Gasteiger partial charge in [-0.25, -0.2) is 15.0 Å². The zero-order valence-corrected chi connectivity index (χ0v) is 18.8. The molecule has 0 saturated carbocycles. The summed E-state index contributed by atoms with van der Waals surface area (Å²) >= 11 is 5.63. The highest BCUT2D eigenvalue weighted by Crippen LogP contribution is 2.25. The van der Waals surface area contributed by atoms with Crippen LogP contribution in [0.3, 0.4) is 0 Å². The number of aromatic hydroxyl groups is 1. The molecule has 9 heteroatoms. The number of thioether (sulfide) groups is 1. The number of aromatic amines is 1. The Labute approximate surface area is 181 Å². The number of phenolic OH excluding ortho intramolecular Hbond substituents is 1. The lowest BCUT2D eigenvalue weighted by Gasteiger charge is -2.03. The van der Waals surface area contributed by atoms with Crippen LogP contribution in [0.4, 0.5) is 0 Å². The molecule has 3 N–H and O–H groups in total. The van der Waals surface area contributed by atoms with Crippen LogP contribution in [0.5, 0.6) is 5.75 Å². The molecule has 0 aliphatic heterocycles. The number of nitrogens with one attached hydrogen (secondary N) is 2. The molecule has 0 saturated heterocycles. The number of benzene rings is 2. The van der Waals surface area contributed by atoms with Gasteiger partial charge in [0.15, 0.2) is 11.0 Å². The molecule has 3 rings (SSSR count). The number of carbonyl (C=O) groups excluding carboxylic acids is 1. The predicted octanol–water partition coefficient (Wildman–Crippen LogP) is 3.15. The molecule has 3 aromatic rings. The van der Waals surface area contributed by atoms with Crippen molar-refractivity contribution in [3.05, 3.63) is 49.1 Å². The first-order valence-electron chi connectivity index (χ1n) is 7.55. The second kappa shape index (κ2) is 8.57. The van der Waals surface area contributed by atoms with Crippen molar-refractivity contribution in [2.75, 3.05) is 5.75 Å². The molecule has 0 fully saturated rings. The predicted molar refractivity (Wildman–Crippen MR) is 119 cm³/mol. The summed E-state index contributed by atoms with van der Waals surface area (Å²) in [5.41, 5.74) is 5.17. The number of carbonyl (C=O) groups is 1. The van der Waals surface area contributed by atoms with Gasteiger partial charge in [0.1, 0.15) is 5.75 Å². The fraction of sp³-hybridized carbons (Fsp3) is 0.118. The molecular formula is C17H15I2N4O2S+. The third kappa shape index (κ3) is 4.49. The zero-order chi connectivity index (χ0) is 18.7. The van der Waals surface area contributed by atoms with Crippen molar-refractivity contribution in [1.82, 2.24) is 10.4 Å². The maximum Gasteiger partial charge on any atom is 0.317 e. The fourth-order valence-corrected chi connectivity index (χ4v) is 5.03. The number of aromatic nitrogens is 2. The van der Waals surface area contributed by atoms with Crippen LogP contribution < -0.4 is 9.99 Å². The number of para-hydroxylation sites is 2. The molecule has 0 aliphatic carbocycles. The Morgan fingerprint density at radius 2 is 2.15 bits per heavy atom. The Morgan fingerprint density at radius 3 is 2.92 bits per heavy atom. The third-order valence-corrected chi connectivity index (χ3v) is 6.10. The van der Waals surface area contributed by atoms with Crippen molar-refractivity contribution in [1.29, 1.82) is 0 Å². The van der Waals surface area contributed by atoms with E-state index in [1.165, 1.54) is 18.0 Å². The quantitative estimate of drug-likeness (QED) is 0.140. The molecule has 0 radical (unpaired) electrons. The number of H-pyrrole nitrogens is 1. The van der Waals surface area contributed by atoms with Gasteiger partial charge in [-0.05, 0) is 81.2 Å². The normalized spacial score (nSPS) is 11.3. The summed E-state index contributed by atoms with van der Waals surface area (Å²) in [5.74, 6) is 0.168. The van der Waals surface area contributed by atoms with E-state index in [1.54, 1.807) is 6.07 Å². The van der Waals surface area contributed by atoms with E-state index in [9.17, 15) is 9.90 Å². The van der Waals surface area contributed by atoms with Gasteiger partial charge in [0.05, 0.1) is 22.6 Å². The SMILES string of the molecule is C[n+]1c(SCC(=O)N/N=C/c2cc(I)cc(I)c2O)[nH]c2ccccc21. The average Bonchev–Trinajstić information content (AvgIpc) is 2.93. The Hall–Kier alpha value is -1.34. The molecule has 0 bridgehead atoms. The molecule has 0 unspecified atom stereocenters. The van der Waals surface area contributed by atoms with Crippen LogP contribution >= 0.6 is 56.9 Å². The van der Waals surface area contributed by atoms with Crippen LogP contribution in [0.2, 0.25) is 0 Å². The first kappa shape index (κ1) is 19.4. The van der Waals surface area contributed by atoms with Gasteiger partial charge in [-0.1, -0.05) is 12.1 Å². The lowest BCUT2D eigenvalue weighted by Crippen LogP contribution is -2.30. The highest BCUT2D eigenvalue weighted by Gasteiger charge is 2.16. The highest BCUT2D eigenvalue weighted by atomic mass is 127. The number of hydrazone groups is 1. The number of aryl methyl sites for hydroxylation is 1. The molecule has 0 spiro atoms. The number of halogens is 2. The van der Waals surface area contributed by atoms with Crippen molar-refractivity contribution in [2.24, 2.45) is 12.1 Å². The minimum absolute atomic E-state index is 0.156. The van der Waals surface area contributed by atoms with E-state index in [0.29, 0.717) is 5.56 Å². The minimum atomic E-state index is -0.218. The van der Waals surface area contributed by atoms with Crippen LogP contribution in [-0.4, -0.2) is 28.0 Å². The lowest BCUT2D eigenvalue weighted by atomic mass is 10.2. The highest BCUT2D eigenvalue weighted by molar-refractivity contribution is 14.1. The van der Waals surface area contributed by atoms with Crippen LogP contribution in [-0.2, 0) is 11.8 Å². The minimum Gasteiger partial charge on any atom is -0.506 e. The molecule has 0 aliphatic rings. The third-order valence-electron chi connectivity index (χ3n) is 3.60.